The molecule has 0 saturated heterocycles. The topological polar surface area (TPSA) is 58.9 Å². The van der Waals surface area contributed by atoms with Crippen molar-refractivity contribution in [1.82, 2.24) is 19.5 Å². The number of fused-ring (bicyclic) bond motifs is 1. The Bertz CT molecular complexity index is 639. The molecule has 20 heavy (non-hydrogen) atoms. The van der Waals surface area contributed by atoms with Gasteiger partial charge in [0.25, 0.3) is 0 Å². The third kappa shape index (κ3) is 2.87. The third-order valence-corrected chi connectivity index (χ3v) is 3.54. The van der Waals surface area contributed by atoms with Crippen LogP contribution in [0.2, 0.25) is 0 Å². The normalized spacial score (nSPS) is 15.6. The molecular formula is C14H22ClN5. The van der Waals surface area contributed by atoms with Gasteiger partial charge in [0, 0.05) is 19.0 Å². The Morgan fingerprint density at radius 2 is 2.20 bits per heavy atom. The lowest BCUT2D eigenvalue weighted by atomic mass is 10.3. The highest BCUT2D eigenvalue weighted by atomic mass is 35.5. The third-order valence-electron chi connectivity index (χ3n) is 3.54. The number of imidazole rings is 1. The van der Waals surface area contributed by atoms with Gasteiger partial charge in [-0.2, -0.15) is 0 Å². The molecule has 2 heterocycles. The summed E-state index contributed by atoms with van der Waals surface area (Å²) in [6, 6.07) is 0. The molecule has 3 rings (SSSR count). The largest absolute Gasteiger partial charge is 0.337 e. The minimum absolute atomic E-state index is 0. The first-order chi connectivity index (χ1) is 9.33. The molecule has 1 aliphatic rings. The van der Waals surface area contributed by atoms with Crippen LogP contribution in [0.5, 0.6) is 0 Å². The van der Waals surface area contributed by atoms with Gasteiger partial charge in [0.2, 0.25) is 0 Å². The van der Waals surface area contributed by atoms with Crippen LogP contribution in [0.25, 0.3) is 11.2 Å². The number of aromatic nitrogens is 4. The second-order valence-electron chi connectivity index (χ2n) is 5.18. The first kappa shape index (κ1) is 15.0. The summed E-state index contributed by atoms with van der Waals surface area (Å²) in [5, 5.41) is 0. The highest BCUT2D eigenvalue weighted by Crippen LogP contribution is 2.38. The highest BCUT2D eigenvalue weighted by molar-refractivity contribution is 5.85. The maximum atomic E-state index is 4.78. The summed E-state index contributed by atoms with van der Waals surface area (Å²) in [6.07, 6.45) is 6.71. The average molecular weight is 296 g/mol. The lowest BCUT2D eigenvalue weighted by Gasteiger charge is -2.05. The van der Waals surface area contributed by atoms with E-state index >= 15 is 0 Å². The summed E-state index contributed by atoms with van der Waals surface area (Å²) >= 11 is 0. The lowest BCUT2D eigenvalue weighted by Crippen LogP contribution is -2.14. The maximum absolute atomic E-state index is 4.78. The number of hydrogen-bond acceptors (Lipinski definition) is 3. The predicted octanol–water partition coefficient (Wildman–Crippen LogP) is 2.78. The van der Waals surface area contributed by atoms with E-state index in [1.807, 2.05) is 13.3 Å². The number of halogens is 1. The van der Waals surface area contributed by atoms with Crippen molar-refractivity contribution in [2.75, 3.05) is 6.54 Å². The van der Waals surface area contributed by atoms with E-state index in [2.05, 4.69) is 26.5 Å². The molecule has 0 radical (unpaired) electrons. The van der Waals surface area contributed by atoms with Gasteiger partial charge in [-0.05, 0) is 26.2 Å². The SMILES string of the molecule is CCCCn1cnc(=NCC)c2[nH]c(C3CC3)nc21.Cl. The van der Waals surface area contributed by atoms with Crippen LogP contribution in [0.4, 0.5) is 0 Å². The second kappa shape index (κ2) is 6.39. The van der Waals surface area contributed by atoms with Gasteiger partial charge in [0.05, 0.1) is 6.33 Å². The molecule has 0 atom stereocenters. The Morgan fingerprint density at radius 3 is 2.85 bits per heavy atom. The van der Waals surface area contributed by atoms with Gasteiger partial charge in [0.1, 0.15) is 11.3 Å². The van der Waals surface area contributed by atoms with Crippen LogP contribution in [0.15, 0.2) is 11.3 Å². The number of H-pyrrole nitrogens is 1. The van der Waals surface area contributed by atoms with Gasteiger partial charge in [-0.3, -0.25) is 4.99 Å². The molecule has 0 aromatic carbocycles. The molecule has 1 N–H and O–H groups in total. The van der Waals surface area contributed by atoms with Crippen LogP contribution in [0, 0.1) is 0 Å². The van der Waals surface area contributed by atoms with E-state index in [4.69, 9.17) is 4.98 Å². The summed E-state index contributed by atoms with van der Waals surface area (Å²) < 4.78 is 2.15. The summed E-state index contributed by atoms with van der Waals surface area (Å²) in [4.78, 5) is 17.1. The van der Waals surface area contributed by atoms with E-state index in [1.165, 1.54) is 19.3 Å². The summed E-state index contributed by atoms with van der Waals surface area (Å²) in [7, 11) is 0. The van der Waals surface area contributed by atoms with Crippen LogP contribution < -0.4 is 5.49 Å². The van der Waals surface area contributed by atoms with Crippen molar-refractivity contribution < 1.29 is 0 Å². The molecule has 0 bridgehead atoms. The number of nitrogens with zero attached hydrogens (tertiary/aromatic N) is 4. The van der Waals surface area contributed by atoms with Crippen molar-refractivity contribution in [2.45, 2.75) is 52.0 Å². The summed E-state index contributed by atoms with van der Waals surface area (Å²) in [5.74, 6) is 1.74. The van der Waals surface area contributed by atoms with Crippen LogP contribution >= 0.6 is 12.4 Å². The molecule has 1 saturated carbocycles. The van der Waals surface area contributed by atoms with Gasteiger partial charge in [-0.15, -0.1) is 12.4 Å². The van der Waals surface area contributed by atoms with E-state index in [9.17, 15) is 0 Å². The van der Waals surface area contributed by atoms with Crippen molar-refractivity contribution in [2.24, 2.45) is 4.99 Å². The van der Waals surface area contributed by atoms with E-state index in [0.29, 0.717) is 5.92 Å². The van der Waals surface area contributed by atoms with Crippen molar-refractivity contribution >= 4 is 23.6 Å². The molecule has 2 aromatic rings. The standard InChI is InChI=1S/C14H21N5.ClH/c1-3-5-8-19-9-16-13(15-4-2)11-14(19)18-12(17-11)10-6-7-10;/h9-10H,3-8H2,1-2H3,(H,17,18);1H. The average Bonchev–Trinajstić information content (AvgIpc) is 3.17. The Hall–Kier alpha value is -1.36. The van der Waals surface area contributed by atoms with Gasteiger partial charge in [-0.25, -0.2) is 9.97 Å². The highest BCUT2D eigenvalue weighted by Gasteiger charge is 2.27. The molecule has 110 valence electrons. The molecule has 5 nitrogen and oxygen atoms in total. The number of rotatable bonds is 5. The maximum Gasteiger partial charge on any atom is 0.176 e. The van der Waals surface area contributed by atoms with E-state index in [0.717, 1.165) is 42.0 Å². The smallest absolute Gasteiger partial charge is 0.176 e. The minimum atomic E-state index is 0. The Kier molecular flexibility index (Phi) is 4.81. The Morgan fingerprint density at radius 1 is 1.40 bits per heavy atom. The molecule has 2 aromatic heterocycles. The molecule has 1 aliphatic carbocycles. The van der Waals surface area contributed by atoms with Crippen LogP contribution in [0.3, 0.4) is 0 Å². The molecule has 6 heteroatoms. The number of nitrogens with one attached hydrogen (secondary N) is 1. The molecule has 0 aliphatic heterocycles. The fourth-order valence-electron chi connectivity index (χ4n) is 2.30. The Labute approximate surface area is 125 Å². The first-order valence-corrected chi connectivity index (χ1v) is 7.29. The number of unbranched alkanes of at least 4 members (excludes halogenated alkanes) is 1. The number of aryl methyl sites for hydroxylation is 1. The monoisotopic (exact) mass is 295 g/mol. The van der Waals surface area contributed by atoms with Gasteiger partial charge >= 0.3 is 0 Å². The van der Waals surface area contributed by atoms with E-state index < -0.39 is 0 Å². The minimum Gasteiger partial charge on any atom is -0.337 e. The molecule has 0 amide bonds. The number of hydrogen-bond donors (Lipinski definition) is 1. The van der Waals surface area contributed by atoms with E-state index in [1.54, 1.807) is 0 Å². The molecular weight excluding hydrogens is 274 g/mol. The second-order valence-corrected chi connectivity index (χ2v) is 5.18. The van der Waals surface area contributed by atoms with E-state index in [-0.39, 0.29) is 12.4 Å². The fraction of sp³-hybridized carbons (Fsp3) is 0.643. The lowest BCUT2D eigenvalue weighted by molar-refractivity contribution is 0.631. The molecule has 1 fully saturated rings. The first-order valence-electron chi connectivity index (χ1n) is 7.29. The fourth-order valence-corrected chi connectivity index (χ4v) is 2.30. The van der Waals surface area contributed by atoms with Gasteiger partial charge < -0.3 is 9.55 Å². The zero-order valence-corrected chi connectivity index (χ0v) is 12.9. The van der Waals surface area contributed by atoms with Crippen molar-refractivity contribution in [3.05, 3.63) is 17.6 Å². The quantitative estimate of drug-likeness (QED) is 0.922. The zero-order chi connectivity index (χ0) is 13.2. The van der Waals surface area contributed by atoms with Crippen molar-refractivity contribution in [3.8, 4) is 0 Å². The number of aromatic amines is 1. The Balaban J connectivity index is 0.00000147. The zero-order valence-electron chi connectivity index (χ0n) is 12.1. The van der Waals surface area contributed by atoms with Crippen LogP contribution in [-0.4, -0.2) is 26.1 Å². The summed E-state index contributed by atoms with van der Waals surface area (Å²) in [6.45, 7) is 5.95. The molecule has 0 spiro atoms. The summed E-state index contributed by atoms with van der Waals surface area (Å²) in [5.41, 5.74) is 2.81. The predicted molar refractivity (Wildman–Crippen MR) is 82.1 cm³/mol. The van der Waals surface area contributed by atoms with Crippen LogP contribution in [-0.2, 0) is 6.54 Å². The molecule has 0 unspecified atom stereocenters. The van der Waals surface area contributed by atoms with Gasteiger partial charge in [-0.1, -0.05) is 13.3 Å². The van der Waals surface area contributed by atoms with Crippen LogP contribution in [0.1, 0.15) is 51.3 Å². The van der Waals surface area contributed by atoms with Crippen molar-refractivity contribution in [1.29, 1.82) is 0 Å². The van der Waals surface area contributed by atoms with Crippen molar-refractivity contribution in [3.63, 3.8) is 0 Å². The van der Waals surface area contributed by atoms with Gasteiger partial charge in [0.15, 0.2) is 11.1 Å².